The molecule has 0 bridgehead atoms. The Hall–Kier alpha value is -3.02. The molecule has 0 saturated carbocycles. The first kappa shape index (κ1) is 19.7. The van der Waals surface area contributed by atoms with Gasteiger partial charge in [0, 0.05) is 12.2 Å². The Bertz CT molecular complexity index is 833. The summed E-state index contributed by atoms with van der Waals surface area (Å²) in [5.41, 5.74) is 2.44. The van der Waals surface area contributed by atoms with E-state index in [1.807, 2.05) is 31.2 Å². The Morgan fingerprint density at radius 3 is 2.71 bits per heavy atom. The van der Waals surface area contributed by atoms with Crippen molar-refractivity contribution in [2.45, 2.75) is 33.1 Å². The first-order valence-electron chi connectivity index (χ1n) is 9.63. The van der Waals surface area contributed by atoms with Gasteiger partial charge in [0.25, 0.3) is 11.8 Å². The molecule has 0 spiro atoms. The molecule has 0 aromatic heterocycles. The predicted octanol–water partition coefficient (Wildman–Crippen LogP) is 3.93. The van der Waals surface area contributed by atoms with Gasteiger partial charge in [0.1, 0.15) is 11.5 Å². The summed E-state index contributed by atoms with van der Waals surface area (Å²) in [4.78, 5) is 26.2. The fraction of sp³-hybridized carbons (Fsp3) is 0.364. The van der Waals surface area contributed by atoms with Crippen LogP contribution < -0.4 is 19.7 Å². The van der Waals surface area contributed by atoms with E-state index in [9.17, 15) is 9.59 Å². The number of fused-ring (bicyclic) bond motifs is 1. The molecule has 0 atom stereocenters. The summed E-state index contributed by atoms with van der Waals surface area (Å²) in [5, 5.41) is 2.82. The number of carbonyl (C=O) groups excluding carboxylic acids is 2. The average Bonchev–Trinajstić information content (AvgIpc) is 2.69. The van der Waals surface area contributed by atoms with E-state index in [1.54, 1.807) is 23.1 Å². The van der Waals surface area contributed by atoms with Gasteiger partial charge in [-0.05, 0) is 43.7 Å². The van der Waals surface area contributed by atoms with Gasteiger partial charge >= 0.3 is 0 Å². The van der Waals surface area contributed by atoms with Crippen LogP contribution in [0, 0.1) is 6.92 Å². The summed E-state index contributed by atoms with van der Waals surface area (Å²) in [5.74, 6) is 0.980. The van der Waals surface area contributed by atoms with E-state index in [1.165, 1.54) is 0 Å². The van der Waals surface area contributed by atoms with E-state index in [4.69, 9.17) is 9.47 Å². The molecule has 6 heteroatoms. The number of anilines is 2. The van der Waals surface area contributed by atoms with Gasteiger partial charge in [0.15, 0.2) is 13.2 Å². The lowest BCUT2D eigenvalue weighted by atomic mass is 10.1. The van der Waals surface area contributed by atoms with Crippen molar-refractivity contribution in [1.29, 1.82) is 0 Å². The molecule has 1 heterocycles. The van der Waals surface area contributed by atoms with E-state index in [0.717, 1.165) is 24.8 Å². The number of rotatable bonds is 8. The molecule has 0 aliphatic carbocycles. The Kier molecular flexibility index (Phi) is 6.53. The molecule has 28 heavy (non-hydrogen) atoms. The van der Waals surface area contributed by atoms with Crippen LogP contribution in [0.3, 0.4) is 0 Å². The van der Waals surface area contributed by atoms with Gasteiger partial charge in [0.05, 0.1) is 5.69 Å². The topological polar surface area (TPSA) is 67.9 Å². The number of unbranched alkanes of at least 4 members (excludes halogenated alkanes) is 2. The standard InChI is InChI=1S/C22H26N2O4/c1-3-4-5-12-24-19-13-17(8-11-20(19)28-15-22(24)26)23-21(25)14-27-18-9-6-16(2)7-10-18/h6-11,13H,3-5,12,14-15H2,1-2H3,(H,23,25). The molecule has 1 N–H and O–H groups in total. The smallest absolute Gasteiger partial charge is 0.265 e. The molecule has 1 aliphatic heterocycles. The third-order valence-electron chi connectivity index (χ3n) is 4.56. The maximum Gasteiger partial charge on any atom is 0.265 e. The highest BCUT2D eigenvalue weighted by atomic mass is 16.5. The van der Waals surface area contributed by atoms with Crippen molar-refractivity contribution < 1.29 is 19.1 Å². The highest BCUT2D eigenvalue weighted by molar-refractivity contribution is 5.99. The van der Waals surface area contributed by atoms with E-state index in [2.05, 4.69) is 12.2 Å². The summed E-state index contributed by atoms with van der Waals surface area (Å²) in [6, 6.07) is 12.9. The Morgan fingerprint density at radius 1 is 1.18 bits per heavy atom. The quantitative estimate of drug-likeness (QED) is 0.703. The minimum atomic E-state index is -0.263. The minimum absolute atomic E-state index is 0.0508. The van der Waals surface area contributed by atoms with Gasteiger partial charge in [-0.1, -0.05) is 37.5 Å². The molecule has 0 fully saturated rings. The van der Waals surface area contributed by atoms with Crippen LogP contribution in [0.25, 0.3) is 0 Å². The SMILES string of the molecule is CCCCCN1C(=O)COc2ccc(NC(=O)COc3ccc(C)cc3)cc21. The van der Waals surface area contributed by atoms with Crippen LogP contribution in [-0.4, -0.2) is 31.6 Å². The molecular weight excluding hydrogens is 356 g/mol. The van der Waals surface area contributed by atoms with Crippen molar-refractivity contribution in [2.75, 3.05) is 30.0 Å². The van der Waals surface area contributed by atoms with Crippen LogP contribution in [0.2, 0.25) is 0 Å². The summed E-state index contributed by atoms with van der Waals surface area (Å²) >= 11 is 0. The van der Waals surface area contributed by atoms with Crippen LogP contribution in [0.4, 0.5) is 11.4 Å². The van der Waals surface area contributed by atoms with Gasteiger partial charge in [-0.2, -0.15) is 0 Å². The summed E-state index contributed by atoms with van der Waals surface area (Å²) in [6.45, 7) is 4.73. The van der Waals surface area contributed by atoms with Crippen LogP contribution >= 0.6 is 0 Å². The first-order valence-corrected chi connectivity index (χ1v) is 9.63. The predicted molar refractivity (Wildman–Crippen MR) is 109 cm³/mol. The Morgan fingerprint density at radius 2 is 1.96 bits per heavy atom. The van der Waals surface area contributed by atoms with Crippen molar-refractivity contribution >= 4 is 23.2 Å². The van der Waals surface area contributed by atoms with E-state index < -0.39 is 0 Å². The molecule has 148 valence electrons. The Labute approximate surface area is 165 Å². The molecule has 6 nitrogen and oxygen atoms in total. The zero-order chi connectivity index (χ0) is 19.9. The molecule has 0 saturated heterocycles. The lowest BCUT2D eigenvalue weighted by molar-refractivity contribution is -0.121. The second-order valence-corrected chi connectivity index (χ2v) is 6.87. The molecule has 0 unspecified atom stereocenters. The van der Waals surface area contributed by atoms with Crippen LogP contribution in [0.1, 0.15) is 31.7 Å². The number of nitrogens with zero attached hydrogens (tertiary/aromatic N) is 1. The molecule has 2 amide bonds. The van der Waals surface area contributed by atoms with Gasteiger partial charge in [-0.3, -0.25) is 9.59 Å². The fourth-order valence-electron chi connectivity index (χ4n) is 3.03. The summed E-state index contributed by atoms with van der Waals surface area (Å²) in [7, 11) is 0. The molecule has 0 radical (unpaired) electrons. The fourth-order valence-corrected chi connectivity index (χ4v) is 3.03. The number of aryl methyl sites for hydroxylation is 1. The number of carbonyl (C=O) groups is 2. The minimum Gasteiger partial charge on any atom is -0.484 e. The normalized spacial score (nSPS) is 12.9. The number of amides is 2. The van der Waals surface area contributed by atoms with Crippen LogP contribution in [-0.2, 0) is 9.59 Å². The highest BCUT2D eigenvalue weighted by Gasteiger charge is 2.25. The van der Waals surface area contributed by atoms with Crippen molar-refractivity contribution in [2.24, 2.45) is 0 Å². The summed E-state index contributed by atoms with van der Waals surface area (Å²) < 4.78 is 11.0. The number of benzene rings is 2. The zero-order valence-corrected chi connectivity index (χ0v) is 16.4. The number of hydrogen-bond acceptors (Lipinski definition) is 4. The van der Waals surface area contributed by atoms with Crippen molar-refractivity contribution in [3.8, 4) is 11.5 Å². The number of ether oxygens (including phenoxy) is 2. The van der Waals surface area contributed by atoms with Crippen molar-refractivity contribution in [3.05, 3.63) is 48.0 Å². The Balaban J connectivity index is 1.63. The second-order valence-electron chi connectivity index (χ2n) is 6.87. The first-order chi connectivity index (χ1) is 13.6. The maximum absolute atomic E-state index is 12.3. The number of hydrogen-bond donors (Lipinski definition) is 1. The third kappa shape index (κ3) is 5.03. The second kappa shape index (κ2) is 9.26. The van der Waals surface area contributed by atoms with Crippen LogP contribution in [0.5, 0.6) is 11.5 Å². The largest absolute Gasteiger partial charge is 0.484 e. The molecule has 2 aromatic carbocycles. The molecule has 1 aliphatic rings. The van der Waals surface area contributed by atoms with E-state index in [0.29, 0.717) is 29.4 Å². The van der Waals surface area contributed by atoms with E-state index in [-0.39, 0.29) is 25.0 Å². The highest BCUT2D eigenvalue weighted by Crippen LogP contribution is 2.34. The lowest BCUT2D eigenvalue weighted by Crippen LogP contribution is -2.39. The molecular formula is C22H26N2O4. The zero-order valence-electron chi connectivity index (χ0n) is 16.4. The van der Waals surface area contributed by atoms with Crippen molar-refractivity contribution in [1.82, 2.24) is 0 Å². The molecule has 3 rings (SSSR count). The third-order valence-corrected chi connectivity index (χ3v) is 4.56. The maximum atomic E-state index is 12.3. The van der Waals surface area contributed by atoms with Gasteiger partial charge in [-0.15, -0.1) is 0 Å². The van der Waals surface area contributed by atoms with Crippen molar-refractivity contribution in [3.63, 3.8) is 0 Å². The lowest BCUT2D eigenvalue weighted by Gasteiger charge is -2.29. The van der Waals surface area contributed by atoms with Crippen LogP contribution in [0.15, 0.2) is 42.5 Å². The monoisotopic (exact) mass is 382 g/mol. The molecule has 2 aromatic rings. The summed E-state index contributed by atoms with van der Waals surface area (Å²) in [6.07, 6.45) is 3.08. The average molecular weight is 382 g/mol. The number of nitrogens with one attached hydrogen (secondary N) is 1. The van der Waals surface area contributed by atoms with Gasteiger partial charge in [0.2, 0.25) is 0 Å². The van der Waals surface area contributed by atoms with E-state index >= 15 is 0 Å². The van der Waals surface area contributed by atoms with Gasteiger partial charge in [-0.25, -0.2) is 0 Å². The van der Waals surface area contributed by atoms with Gasteiger partial charge < -0.3 is 19.7 Å².